The summed E-state index contributed by atoms with van der Waals surface area (Å²) in [5.74, 6) is 0.184. The van der Waals surface area contributed by atoms with Gasteiger partial charge in [0, 0.05) is 45.7 Å². The van der Waals surface area contributed by atoms with Crippen LogP contribution in [-0.4, -0.2) is 89.4 Å². The number of rotatable bonds is 2. The van der Waals surface area contributed by atoms with Crippen molar-refractivity contribution >= 4 is 23.3 Å². The molecule has 0 atom stereocenters. The number of hydrogen-bond donors (Lipinski definition) is 0. The van der Waals surface area contributed by atoms with Crippen LogP contribution in [0.1, 0.15) is 23.5 Å². The topological polar surface area (TPSA) is 60.0 Å². The summed E-state index contributed by atoms with van der Waals surface area (Å²) < 4.78 is 0. The minimum Gasteiger partial charge on any atom is -0.334 e. The Hall–Kier alpha value is -1.67. The molecule has 8 heteroatoms. The van der Waals surface area contributed by atoms with E-state index in [9.17, 15) is 9.59 Å². The summed E-state index contributed by atoms with van der Waals surface area (Å²) in [6.07, 6.45) is 1.38. The Kier molecular flexibility index (Phi) is 5.02. The molecule has 2 fully saturated rings. The smallest absolute Gasteiger partial charge is 0.319 e. The molecule has 3 amide bonds. The van der Waals surface area contributed by atoms with Crippen LogP contribution >= 0.6 is 11.3 Å². The number of likely N-dealkylation sites (N-methyl/N-ethyl adjacent to an activating group) is 1. The largest absolute Gasteiger partial charge is 0.334 e. The summed E-state index contributed by atoms with van der Waals surface area (Å²) in [6.45, 7) is 5.40. The normalized spacial score (nSPS) is 21.0. The molecule has 3 heterocycles. The lowest BCUT2D eigenvalue weighted by atomic mass is 9.83. The van der Waals surface area contributed by atoms with Crippen molar-refractivity contribution in [1.29, 1.82) is 0 Å². The molecule has 0 aliphatic carbocycles. The molecule has 1 aromatic rings. The first-order chi connectivity index (χ1) is 11.8. The number of likely N-dealkylation sites (tertiary alicyclic amines) is 1. The van der Waals surface area contributed by atoms with Gasteiger partial charge in [0.1, 0.15) is 5.54 Å². The molecule has 3 rings (SSSR count). The van der Waals surface area contributed by atoms with E-state index in [1.807, 2.05) is 29.2 Å². The fourth-order valence-electron chi connectivity index (χ4n) is 3.82. The van der Waals surface area contributed by atoms with E-state index in [1.165, 1.54) is 0 Å². The Morgan fingerprint density at radius 3 is 2.52 bits per heavy atom. The highest BCUT2D eigenvalue weighted by molar-refractivity contribution is 7.09. The number of nitrogens with zero attached hydrogens (tertiary/aromatic N) is 5. The van der Waals surface area contributed by atoms with Crippen LogP contribution in [0, 0.1) is 6.92 Å². The van der Waals surface area contributed by atoms with Crippen LogP contribution in [0.4, 0.5) is 4.79 Å². The van der Waals surface area contributed by atoms with Gasteiger partial charge in [0.05, 0.1) is 17.2 Å². The summed E-state index contributed by atoms with van der Waals surface area (Å²) in [4.78, 5) is 37.5. The lowest BCUT2D eigenvalue weighted by molar-refractivity contribution is -0.154. The summed E-state index contributed by atoms with van der Waals surface area (Å²) in [7, 11) is 5.57. The van der Waals surface area contributed by atoms with Gasteiger partial charge in [0.25, 0.3) is 0 Å². The Morgan fingerprint density at radius 1 is 1.28 bits per heavy atom. The van der Waals surface area contributed by atoms with Crippen molar-refractivity contribution in [3.05, 3.63) is 16.1 Å². The van der Waals surface area contributed by atoms with Crippen molar-refractivity contribution in [3.8, 4) is 0 Å². The third-order valence-corrected chi connectivity index (χ3v) is 6.21. The summed E-state index contributed by atoms with van der Waals surface area (Å²) >= 11 is 1.62. The van der Waals surface area contributed by atoms with Crippen molar-refractivity contribution < 1.29 is 9.59 Å². The molecule has 0 unspecified atom stereocenters. The SMILES string of the molecule is Cc1nc(CN2CCN(C)C3(CCN(C(=O)N(C)C)CC3)C2=O)cs1. The van der Waals surface area contributed by atoms with Gasteiger partial charge in [0.15, 0.2) is 0 Å². The van der Waals surface area contributed by atoms with Crippen LogP contribution in [0.2, 0.25) is 0 Å². The highest BCUT2D eigenvalue weighted by Crippen LogP contribution is 2.33. The molecule has 2 aliphatic rings. The zero-order chi connectivity index (χ0) is 18.2. The van der Waals surface area contributed by atoms with Gasteiger partial charge in [-0.15, -0.1) is 11.3 Å². The van der Waals surface area contributed by atoms with E-state index in [1.54, 1.807) is 30.3 Å². The standard InChI is InChI=1S/C17H27N5O2S/c1-13-18-14(12-25-13)11-22-10-9-20(4)17(15(22)23)5-7-21(8-6-17)16(24)19(2)3/h12H,5-11H2,1-4H3. The van der Waals surface area contributed by atoms with Gasteiger partial charge in [-0.05, 0) is 26.8 Å². The quantitative estimate of drug-likeness (QED) is 0.791. The average Bonchev–Trinajstić information content (AvgIpc) is 3.00. The molecule has 7 nitrogen and oxygen atoms in total. The van der Waals surface area contributed by atoms with E-state index in [0.717, 1.165) is 23.8 Å². The molecule has 2 saturated heterocycles. The number of aryl methyl sites for hydroxylation is 1. The molecule has 1 spiro atoms. The minimum absolute atomic E-state index is 0.0237. The van der Waals surface area contributed by atoms with E-state index in [0.29, 0.717) is 32.5 Å². The maximum atomic E-state index is 13.3. The van der Waals surface area contributed by atoms with E-state index >= 15 is 0 Å². The van der Waals surface area contributed by atoms with E-state index in [-0.39, 0.29) is 11.9 Å². The Morgan fingerprint density at radius 2 is 1.96 bits per heavy atom. The predicted molar refractivity (Wildman–Crippen MR) is 97.5 cm³/mol. The number of piperidine rings is 1. The van der Waals surface area contributed by atoms with Gasteiger partial charge in [-0.3, -0.25) is 9.69 Å². The van der Waals surface area contributed by atoms with Crippen LogP contribution in [0.25, 0.3) is 0 Å². The van der Waals surface area contributed by atoms with Gasteiger partial charge in [-0.25, -0.2) is 9.78 Å². The van der Waals surface area contributed by atoms with Crippen LogP contribution < -0.4 is 0 Å². The Bertz CT molecular complexity index is 651. The third-order valence-electron chi connectivity index (χ3n) is 5.38. The zero-order valence-corrected chi connectivity index (χ0v) is 16.3. The number of aromatic nitrogens is 1. The fourth-order valence-corrected chi connectivity index (χ4v) is 4.42. The number of thiazole rings is 1. The number of carbonyl (C=O) groups excluding carboxylic acids is 2. The summed E-state index contributed by atoms with van der Waals surface area (Å²) in [5.41, 5.74) is 0.489. The molecule has 1 aromatic heterocycles. The van der Waals surface area contributed by atoms with Crippen molar-refractivity contribution in [2.24, 2.45) is 0 Å². The molecule has 0 N–H and O–H groups in total. The number of carbonyl (C=O) groups is 2. The molecule has 0 radical (unpaired) electrons. The lowest BCUT2D eigenvalue weighted by Crippen LogP contribution is -2.68. The van der Waals surface area contributed by atoms with Crippen LogP contribution in [0.15, 0.2) is 5.38 Å². The highest BCUT2D eigenvalue weighted by atomic mass is 32.1. The van der Waals surface area contributed by atoms with Crippen molar-refractivity contribution in [2.45, 2.75) is 31.8 Å². The Balaban J connectivity index is 1.71. The minimum atomic E-state index is -0.480. The molecule has 0 saturated carbocycles. The van der Waals surface area contributed by atoms with Gasteiger partial charge >= 0.3 is 6.03 Å². The van der Waals surface area contributed by atoms with E-state index in [4.69, 9.17) is 0 Å². The van der Waals surface area contributed by atoms with Gasteiger partial charge < -0.3 is 14.7 Å². The molecular formula is C17H27N5O2S. The molecular weight excluding hydrogens is 338 g/mol. The molecule has 0 aromatic carbocycles. The predicted octanol–water partition coefficient (Wildman–Crippen LogP) is 1.24. The second-order valence-electron chi connectivity index (χ2n) is 7.20. The molecule has 2 aliphatic heterocycles. The second-order valence-corrected chi connectivity index (χ2v) is 8.26. The van der Waals surface area contributed by atoms with Crippen molar-refractivity contribution in [1.82, 2.24) is 24.6 Å². The number of urea groups is 1. The van der Waals surface area contributed by atoms with Crippen molar-refractivity contribution in [3.63, 3.8) is 0 Å². The third kappa shape index (κ3) is 3.37. The number of amides is 3. The maximum absolute atomic E-state index is 13.3. The van der Waals surface area contributed by atoms with E-state index in [2.05, 4.69) is 9.88 Å². The fraction of sp³-hybridized carbons (Fsp3) is 0.706. The highest BCUT2D eigenvalue weighted by Gasteiger charge is 2.49. The molecule has 0 bridgehead atoms. The second kappa shape index (κ2) is 6.92. The summed E-state index contributed by atoms with van der Waals surface area (Å²) in [6, 6.07) is 0.0237. The van der Waals surface area contributed by atoms with Crippen LogP contribution in [0.5, 0.6) is 0 Å². The Labute approximate surface area is 153 Å². The lowest BCUT2D eigenvalue weighted by Gasteiger charge is -2.51. The molecule has 138 valence electrons. The van der Waals surface area contributed by atoms with Gasteiger partial charge in [0.2, 0.25) is 5.91 Å². The molecule has 25 heavy (non-hydrogen) atoms. The van der Waals surface area contributed by atoms with E-state index < -0.39 is 5.54 Å². The van der Waals surface area contributed by atoms with Crippen LogP contribution in [0.3, 0.4) is 0 Å². The first-order valence-electron chi connectivity index (χ1n) is 8.71. The van der Waals surface area contributed by atoms with Crippen molar-refractivity contribution in [2.75, 3.05) is 47.3 Å². The summed E-state index contributed by atoms with van der Waals surface area (Å²) in [5, 5.41) is 3.06. The maximum Gasteiger partial charge on any atom is 0.319 e. The first-order valence-corrected chi connectivity index (χ1v) is 9.59. The van der Waals surface area contributed by atoms with Gasteiger partial charge in [-0.1, -0.05) is 0 Å². The monoisotopic (exact) mass is 365 g/mol. The van der Waals surface area contributed by atoms with Crippen LogP contribution in [-0.2, 0) is 11.3 Å². The first kappa shape index (κ1) is 18.1. The van der Waals surface area contributed by atoms with Gasteiger partial charge in [-0.2, -0.15) is 0 Å². The number of piperazine rings is 1. The number of hydrogen-bond acceptors (Lipinski definition) is 5. The zero-order valence-electron chi connectivity index (χ0n) is 15.5. The average molecular weight is 366 g/mol.